The van der Waals surface area contributed by atoms with Crippen molar-refractivity contribution in [3.8, 4) is 0 Å². The van der Waals surface area contributed by atoms with E-state index in [9.17, 15) is 4.79 Å². The molecule has 0 unspecified atom stereocenters. The highest BCUT2D eigenvalue weighted by Crippen LogP contribution is 2.37. The van der Waals surface area contributed by atoms with Crippen LogP contribution in [0.25, 0.3) is 10.9 Å². The maximum absolute atomic E-state index is 13.0. The van der Waals surface area contributed by atoms with E-state index in [0.717, 1.165) is 20.7 Å². The molecule has 0 aliphatic heterocycles. The third-order valence-electron chi connectivity index (χ3n) is 4.86. The number of hydrogen-bond donors (Lipinski definition) is 2. The summed E-state index contributed by atoms with van der Waals surface area (Å²) in [5.41, 5.74) is 2.75. The van der Waals surface area contributed by atoms with Gasteiger partial charge in [0.1, 0.15) is 5.69 Å². The Morgan fingerprint density at radius 1 is 1.00 bits per heavy atom. The van der Waals surface area contributed by atoms with Crippen molar-refractivity contribution in [1.82, 2.24) is 10.3 Å². The highest BCUT2D eigenvalue weighted by Gasteiger charge is 2.19. The minimum Gasteiger partial charge on any atom is -0.350 e. The second kappa shape index (κ2) is 8.76. The number of hydrogen-bond acceptors (Lipinski definition) is 2. The first-order valence-electron chi connectivity index (χ1n) is 9.49. The third kappa shape index (κ3) is 4.50. The maximum atomic E-state index is 13.0. The molecule has 5 heteroatoms. The number of carbonyl (C=O) groups excluding carboxylic acids is 1. The Balaban J connectivity index is 1.59. The maximum Gasteiger partial charge on any atom is 0.268 e. The van der Waals surface area contributed by atoms with Crippen molar-refractivity contribution in [1.29, 1.82) is 0 Å². The number of rotatable bonds is 6. The Hall–Kier alpha value is -2.69. The summed E-state index contributed by atoms with van der Waals surface area (Å²) in [4.78, 5) is 18.3. The van der Waals surface area contributed by atoms with E-state index in [1.807, 2.05) is 66.7 Å². The minimum atomic E-state index is -0.0968. The van der Waals surface area contributed by atoms with Gasteiger partial charge in [0, 0.05) is 27.4 Å². The van der Waals surface area contributed by atoms with Gasteiger partial charge in [0.15, 0.2) is 0 Å². The molecule has 0 fully saturated rings. The molecule has 0 aliphatic carbocycles. The zero-order valence-corrected chi connectivity index (χ0v) is 17.6. The molecule has 4 rings (SSSR count). The summed E-state index contributed by atoms with van der Waals surface area (Å²) in [7, 11) is 0. The SMILES string of the molecule is C[C@H](CNC(=O)c1[nH]c2ccccc2c1Sc1ccc(Cl)cc1)c1ccccc1. The Morgan fingerprint density at radius 3 is 2.45 bits per heavy atom. The van der Waals surface area contributed by atoms with Crippen molar-refractivity contribution in [2.75, 3.05) is 6.54 Å². The van der Waals surface area contributed by atoms with Crippen LogP contribution in [0.2, 0.25) is 5.02 Å². The van der Waals surface area contributed by atoms with Gasteiger partial charge in [-0.3, -0.25) is 4.79 Å². The van der Waals surface area contributed by atoms with Crippen LogP contribution >= 0.6 is 23.4 Å². The van der Waals surface area contributed by atoms with Gasteiger partial charge in [0.25, 0.3) is 5.91 Å². The Morgan fingerprint density at radius 2 is 1.69 bits per heavy atom. The van der Waals surface area contributed by atoms with Crippen molar-refractivity contribution >= 4 is 40.2 Å². The number of para-hydroxylation sites is 1. The number of carbonyl (C=O) groups is 1. The van der Waals surface area contributed by atoms with Gasteiger partial charge in [-0.05, 0) is 41.8 Å². The van der Waals surface area contributed by atoms with Crippen LogP contribution in [0.5, 0.6) is 0 Å². The van der Waals surface area contributed by atoms with Crippen molar-refractivity contribution in [2.24, 2.45) is 0 Å². The lowest BCUT2D eigenvalue weighted by molar-refractivity contribution is 0.0944. The third-order valence-corrected chi connectivity index (χ3v) is 6.24. The number of aromatic amines is 1. The molecule has 0 saturated heterocycles. The van der Waals surface area contributed by atoms with Crippen molar-refractivity contribution in [3.05, 3.63) is 95.1 Å². The second-order valence-electron chi connectivity index (χ2n) is 6.95. The number of aromatic nitrogens is 1. The normalized spacial score (nSPS) is 12.1. The van der Waals surface area contributed by atoms with Gasteiger partial charge in [-0.15, -0.1) is 0 Å². The topological polar surface area (TPSA) is 44.9 Å². The number of nitrogens with one attached hydrogen (secondary N) is 2. The first-order valence-corrected chi connectivity index (χ1v) is 10.7. The van der Waals surface area contributed by atoms with Crippen LogP contribution in [0.1, 0.15) is 28.9 Å². The molecule has 0 aliphatic rings. The molecular formula is C24H21ClN2OS. The van der Waals surface area contributed by atoms with E-state index >= 15 is 0 Å². The largest absolute Gasteiger partial charge is 0.350 e. The molecule has 1 atom stereocenters. The molecule has 3 nitrogen and oxygen atoms in total. The molecule has 3 aromatic carbocycles. The Labute approximate surface area is 179 Å². The monoisotopic (exact) mass is 420 g/mol. The van der Waals surface area contributed by atoms with Gasteiger partial charge < -0.3 is 10.3 Å². The number of H-pyrrole nitrogens is 1. The number of fused-ring (bicyclic) bond motifs is 1. The lowest BCUT2D eigenvalue weighted by Crippen LogP contribution is -2.28. The van der Waals surface area contributed by atoms with Crippen LogP contribution in [0.3, 0.4) is 0 Å². The van der Waals surface area contributed by atoms with E-state index in [-0.39, 0.29) is 11.8 Å². The standard InChI is InChI=1S/C24H21ClN2OS/c1-16(17-7-3-2-4-8-17)15-26-24(28)22-23(20-9-5-6-10-21(20)27-22)29-19-13-11-18(25)12-14-19/h2-14,16,27H,15H2,1H3,(H,26,28)/t16-/m1/s1. The van der Waals surface area contributed by atoms with Gasteiger partial charge in [0.2, 0.25) is 0 Å². The van der Waals surface area contributed by atoms with E-state index in [1.165, 1.54) is 5.56 Å². The average Bonchev–Trinajstić information content (AvgIpc) is 3.12. The predicted molar refractivity (Wildman–Crippen MR) is 121 cm³/mol. The van der Waals surface area contributed by atoms with Gasteiger partial charge in [-0.2, -0.15) is 0 Å². The fraction of sp³-hybridized carbons (Fsp3) is 0.125. The summed E-state index contributed by atoms with van der Waals surface area (Å²) < 4.78 is 0. The summed E-state index contributed by atoms with van der Waals surface area (Å²) in [5.74, 6) is 0.136. The van der Waals surface area contributed by atoms with E-state index < -0.39 is 0 Å². The first kappa shape index (κ1) is 19.6. The molecule has 4 aromatic rings. The van der Waals surface area contributed by atoms with Gasteiger partial charge >= 0.3 is 0 Å². The van der Waals surface area contributed by atoms with E-state index in [0.29, 0.717) is 17.3 Å². The van der Waals surface area contributed by atoms with Crippen molar-refractivity contribution in [3.63, 3.8) is 0 Å². The molecule has 146 valence electrons. The zero-order valence-electron chi connectivity index (χ0n) is 16.0. The molecule has 0 bridgehead atoms. The smallest absolute Gasteiger partial charge is 0.268 e. The molecule has 1 heterocycles. The van der Waals surface area contributed by atoms with Crippen LogP contribution in [-0.4, -0.2) is 17.4 Å². The quantitative estimate of drug-likeness (QED) is 0.373. The molecule has 1 amide bonds. The number of halogens is 1. The molecule has 0 saturated carbocycles. The first-order chi connectivity index (χ1) is 14.1. The zero-order chi connectivity index (χ0) is 20.2. The number of amides is 1. The summed E-state index contributed by atoms with van der Waals surface area (Å²) in [6, 6.07) is 25.8. The van der Waals surface area contributed by atoms with Gasteiger partial charge in [0.05, 0.1) is 4.90 Å². The Bertz CT molecular complexity index is 1120. The van der Waals surface area contributed by atoms with Crippen LogP contribution in [0.15, 0.2) is 88.7 Å². The van der Waals surface area contributed by atoms with E-state index in [2.05, 4.69) is 29.4 Å². The van der Waals surface area contributed by atoms with Crippen LogP contribution < -0.4 is 5.32 Å². The highest BCUT2D eigenvalue weighted by atomic mass is 35.5. The fourth-order valence-electron chi connectivity index (χ4n) is 3.24. The van der Waals surface area contributed by atoms with Crippen LogP contribution in [0.4, 0.5) is 0 Å². The lowest BCUT2D eigenvalue weighted by Gasteiger charge is -2.13. The van der Waals surface area contributed by atoms with Crippen molar-refractivity contribution in [2.45, 2.75) is 22.6 Å². The molecule has 0 radical (unpaired) electrons. The Kier molecular flexibility index (Phi) is 5.93. The average molecular weight is 421 g/mol. The summed E-state index contributed by atoms with van der Waals surface area (Å²) in [6.07, 6.45) is 0. The molecule has 29 heavy (non-hydrogen) atoms. The fourth-order valence-corrected chi connectivity index (χ4v) is 4.40. The van der Waals surface area contributed by atoms with E-state index in [1.54, 1.807) is 11.8 Å². The molecule has 0 spiro atoms. The summed E-state index contributed by atoms with van der Waals surface area (Å²) >= 11 is 7.58. The number of benzene rings is 3. The second-order valence-corrected chi connectivity index (χ2v) is 8.47. The van der Waals surface area contributed by atoms with E-state index in [4.69, 9.17) is 11.6 Å². The summed E-state index contributed by atoms with van der Waals surface area (Å²) in [6.45, 7) is 2.69. The molecule has 1 aromatic heterocycles. The van der Waals surface area contributed by atoms with Crippen LogP contribution in [-0.2, 0) is 0 Å². The summed E-state index contributed by atoms with van der Waals surface area (Å²) in [5, 5.41) is 4.82. The van der Waals surface area contributed by atoms with Crippen molar-refractivity contribution < 1.29 is 4.79 Å². The van der Waals surface area contributed by atoms with Gasteiger partial charge in [-0.25, -0.2) is 0 Å². The predicted octanol–water partition coefficient (Wildman–Crippen LogP) is 6.51. The molecule has 2 N–H and O–H groups in total. The molecular weight excluding hydrogens is 400 g/mol. The minimum absolute atomic E-state index is 0.0968. The lowest BCUT2D eigenvalue weighted by atomic mass is 10.0. The van der Waals surface area contributed by atoms with Crippen LogP contribution in [0, 0.1) is 0 Å². The highest BCUT2D eigenvalue weighted by molar-refractivity contribution is 7.99. The van der Waals surface area contributed by atoms with Gasteiger partial charge in [-0.1, -0.05) is 78.8 Å².